The van der Waals surface area contributed by atoms with Gasteiger partial charge in [0.15, 0.2) is 0 Å². The zero-order valence-corrected chi connectivity index (χ0v) is 9.70. The molecule has 1 aromatic carbocycles. The van der Waals surface area contributed by atoms with Crippen molar-refractivity contribution in [2.24, 2.45) is 0 Å². The van der Waals surface area contributed by atoms with Crippen LogP contribution in [0.4, 0.5) is 0 Å². The molecule has 0 saturated carbocycles. The molecule has 0 atom stereocenters. The topological polar surface area (TPSA) is 56.8 Å². The number of ether oxygens (including phenoxy) is 1. The van der Waals surface area contributed by atoms with Gasteiger partial charge in [-0.3, -0.25) is 0 Å². The minimum atomic E-state index is 0.343. The van der Waals surface area contributed by atoms with Crippen LogP contribution in [0, 0.1) is 22.7 Å². The standard InChI is InChI=1S/C13H8N2OS/c14-6-11-1-2-13(5-12(11)7-15)16-8-10-3-4-17-9-10/h1-5,9H,8H2. The Morgan fingerprint density at radius 1 is 1.12 bits per heavy atom. The average Bonchev–Trinajstić information content (AvgIpc) is 2.89. The minimum Gasteiger partial charge on any atom is -0.489 e. The Kier molecular flexibility index (Phi) is 3.40. The number of hydrogen-bond donors (Lipinski definition) is 0. The van der Waals surface area contributed by atoms with Crippen molar-refractivity contribution in [2.45, 2.75) is 6.61 Å². The van der Waals surface area contributed by atoms with Crippen LogP contribution in [0.1, 0.15) is 16.7 Å². The molecule has 0 bridgehead atoms. The lowest BCUT2D eigenvalue weighted by Gasteiger charge is -2.05. The Hall–Kier alpha value is -2.30. The molecule has 0 aliphatic rings. The highest BCUT2D eigenvalue weighted by atomic mass is 32.1. The summed E-state index contributed by atoms with van der Waals surface area (Å²) in [4.78, 5) is 0. The number of hydrogen-bond acceptors (Lipinski definition) is 4. The van der Waals surface area contributed by atoms with Crippen LogP contribution in [-0.2, 0) is 6.61 Å². The van der Waals surface area contributed by atoms with Crippen molar-refractivity contribution in [1.29, 1.82) is 10.5 Å². The van der Waals surface area contributed by atoms with Gasteiger partial charge in [0, 0.05) is 0 Å². The van der Waals surface area contributed by atoms with E-state index in [1.807, 2.05) is 29.0 Å². The van der Waals surface area contributed by atoms with E-state index in [9.17, 15) is 0 Å². The van der Waals surface area contributed by atoms with Crippen LogP contribution < -0.4 is 4.74 Å². The monoisotopic (exact) mass is 240 g/mol. The van der Waals surface area contributed by atoms with Crippen molar-refractivity contribution >= 4 is 11.3 Å². The number of thiophene rings is 1. The highest BCUT2D eigenvalue weighted by molar-refractivity contribution is 7.07. The van der Waals surface area contributed by atoms with Crippen LogP contribution in [0.3, 0.4) is 0 Å². The zero-order chi connectivity index (χ0) is 12.1. The third-order valence-electron chi connectivity index (χ3n) is 2.22. The molecule has 17 heavy (non-hydrogen) atoms. The van der Waals surface area contributed by atoms with E-state index in [2.05, 4.69) is 0 Å². The van der Waals surface area contributed by atoms with E-state index in [1.54, 1.807) is 29.5 Å². The number of nitrogens with zero attached hydrogens (tertiary/aromatic N) is 2. The first kappa shape index (κ1) is 11.2. The molecule has 1 heterocycles. The highest BCUT2D eigenvalue weighted by Crippen LogP contribution is 2.18. The Morgan fingerprint density at radius 2 is 1.94 bits per heavy atom. The summed E-state index contributed by atoms with van der Waals surface area (Å²) < 4.78 is 5.54. The van der Waals surface area contributed by atoms with Crippen molar-refractivity contribution < 1.29 is 4.74 Å². The third-order valence-corrected chi connectivity index (χ3v) is 2.95. The fourth-order valence-corrected chi connectivity index (χ4v) is 2.00. The van der Waals surface area contributed by atoms with Gasteiger partial charge >= 0.3 is 0 Å². The first-order chi connectivity index (χ1) is 8.33. The van der Waals surface area contributed by atoms with E-state index in [0.717, 1.165) is 5.56 Å². The lowest BCUT2D eigenvalue weighted by atomic mass is 10.1. The van der Waals surface area contributed by atoms with Crippen molar-refractivity contribution in [3.8, 4) is 17.9 Å². The Balaban J connectivity index is 2.13. The van der Waals surface area contributed by atoms with E-state index >= 15 is 0 Å². The molecule has 4 heteroatoms. The van der Waals surface area contributed by atoms with Crippen LogP contribution in [0.2, 0.25) is 0 Å². The summed E-state index contributed by atoms with van der Waals surface area (Å²) in [5.41, 5.74) is 1.81. The first-order valence-electron chi connectivity index (χ1n) is 4.91. The van der Waals surface area contributed by atoms with E-state index in [1.165, 1.54) is 0 Å². The van der Waals surface area contributed by atoms with Gasteiger partial charge in [-0.1, -0.05) is 0 Å². The lowest BCUT2D eigenvalue weighted by molar-refractivity contribution is 0.306. The average molecular weight is 240 g/mol. The van der Waals surface area contributed by atoms with Gasteiger partial charge in [0.2, 0.25) is 0 Å². The summed E-state index contributed by atoms with van der Waals surface area (Å²) in [6.45, 7) is 0.472. The van der Waals surface area contributed by atoms with Gasteiger partial charge in [0.05, 0.1) is 11.1 Å². The van der Waals surface area contributed by atoms with Gasteiger partial charge in [-0.25, -0.2) is 0 Å². The molecule has 0 spiro atoms. The predicted molar refractivity (Wildman–Crippen MR) is 64.5 cm³/mol. The maximum atomic E-state index is 8.87. The van der Waals surface area contributed by atoms with Crippen LogP contribution in [-0.4, -0.2) is 0 Å². The molecule has 0 amide bonds. The van der Waals surface area contributed by atoms with Crippen molar-refractivity contribution in [3.63, 3.8) is 0 Å². The molecule has 0 N–H and O–H groups in total. The molecule has 0 unspecified atom stereocenters. The molecule has 0 radical (unpaired) electrons. The molecular formula is C13H8N2OS. The third kappa shape index (κ3) is 2.63. The molecular weight excluding hydrogens is 232 g/mol. The largest absolute Gasteiger partial charge is 0.489 e. The van der Waals surface area contributed by atoms with Crippen molar-refractivity contribution in [2.75, 3.05) is 0 Å². The van der Waals surface area contributed by atoms with E-state index in [-0.39, 0.29) is 0 Å². The Morgan fingerprint density at radius 3 is 2.59 bits per heavy atom. The molecule has 0 aliphatic heterocycles. The second-order valence-electron chi connectivity index (χ2n) is 3.35. The normalized spacial score (nSPS) is 9.29. The summed E-state index contributed by atoms with van der Waals surface area (Å²) >= 11 is 1.61. The van der Waals surface area contributed by atoms with Crippen LogP contribution in [0.5, 0.6) is 5.75 Å². The maximum absolute atomic E-state index is 8.87. The van der Waals surface area contributed by atoms with E-state index < -0.39 is 0 Å². The molecule has 0 aliphatic carbocycles. The smallest absolute Gasteiger partial charge is 0.121 e. The number of rotatable bonds is 3. The first-order valence-corrected chi connectivity index (χ1v) is 5.86. The van der Waals surface area contributed by atoms with Crippen molar-refractivity contribution in [1.82, 2.24) is 0 Å². The van der Waals surface area contributed by atoms with E-state index in [4.69, 9.17) is 15.3 Å². The fourth-order valence-electron chi connectivity index (χ4n) is 1.34. The summed E-state index contributed by atoms with van der Waals surface area (Å²) in [6.07, 6.45) is 0. The van der Waals surface area contributed by atoms with Crippen LogP contribution >= 0.6 is 11.3 Å². The summed E-state index contributed by atoms with van der Waals surface area (Å²) in [5.74, 6) is 0.603. The molecule has 2 aromatic rings. The second kappa shape index (κ2) is 5.16. The van der Waals surface area contributed by atoms with Gasteiger partial charge in [0.25, 0.3) is 0 Å². The van der Waals surface area contributed by atoms with Crippen molar-refractivity contribution in [3.05, 3.63) is 51.7 Å². The van der Waals surface area contributed by atoms with Gasteiger partial charge in [-0.05, 0) is 40.6 Å². The molecule has 82 valence electrons. The molecule has 1 aromatic heterocycles. The second-order valence-corrected chi connectivity index (χ2v) is 4.13. The SMILES string of the molecule is N#Cc1ccc(OCc2ccsc2)cc1C#N. The van der Waals surface area contributed by atoms with Crippen LogP contribution in [0.25, 0.3) is 0 Å². The fraction of sp³-hybridized carbons (Fsp3) is 0.0769. The predicted octanol–water partition coefficient (Wildman–Crippen LogP) is 3.07. The molecule has 2 rings (SSSR count). The summed E-state index contributed by atoms with van der Waals surface area (Å²) in [6, 6.07) is 10.8. The minimum absolute atomic E-state index is 0.343. The van der Waals surface area contributed by atoms with Gasteiger partial charge in [-0.2, -0.15) is 21.9 Å². The highest BCUT2D eigenvalue weighted by Gasteiger charge is 2.03. The quantitative estimate of drug-likeness (QED) is 0.828. The van der Waals surface area contributed by atoms with Gasteiger partial charge < -0.3 is 4.74 Å². The molecule has 3 nitrogen and oxygen atoms in total. The van der Waals surface area contributed by atoms with Gasteiger partial charge in [-0.15, -0.1) is 0 Å². The number of nitriles is 2. The lowest BCUT2D eigenvalue weighted by Crippen LogP contribution is -1.94. The summed E-state index contributed by atoms with van der Waals surface area (Å²) in [5, 5.41) is 21.6. The maximum Gasteiger partial charge on any atom is 0.121 e. The number of benzene rings is 1. The van der Waals surface area contributed by atoms with Gasteiger partial charge in [0.1, 0.15) is 24.5 Å². The molecule has 0 saturated heterocycles. The zero-order valence-electron chi connectivity index (χ0n) is 8.88. The van der Waals surface area contributed by atoms with Crippen LogP contribution in [0.15, 0.2) is 35.0 Å². The summed E-state index contributed by atoms with van der Waals surface area (Å²) in [7, 11) is 0. The Bertz CT molecular complexity index is 591. The molecule has 0 fully saturated rings. The Labute approximate surface area is 103 Å². The van der Waals surface area contributed by atoms with E-state index in [0.29, 0.717) is 23.5 Å².